The summed E-state index contributed by atoms with van der Waals surface area (Å²) in [6.07, 6.45) is 11.6. The van der Waals surface area contributed by atoms with Crippen LogP contribution < -0.4 is 15.9 Å². The van der Waals surface area contributed by atoms with E-state index in [1.807, 2.05) is 0 Å². The molecule has 0 radical (unpaired) electrons. The zero-order valence-electron chi connectivity index (χ0n) is 19.8. The summed E-state index contributed by atoms with van der Waals surface area (Å²) >= 11 is 0. The molecule has 170 valence electrons. The van der Waals surface area contributed by atoms with Crippen molar-refractivity contribution in [3.05, 3.63) is 91.0 Å². The Morgan fingerprint density at radius 3 is 1.38 bits per heavy atom. The maximum atomic E-state index is 6.08. The van der Waals surface area contributed by atoms with Crippen LogP contribution in [0.25, 0.3) is 0 Å². The first-order valence-corrected chi connectivity index (χ1v) is 14.5. The average molecular weight is 448 g/mol. The Balaban J connectivity index is 1.64. The molecule has 2 heteroatoms. The number of benzene rings is 3. The Morgan fingerprint density at radius 1 is 0.500 bits per heavy atom. The highest BCUT2D eigenvalue weighted by Gasteiger charge is 2.44. The number of rotatable bonds is 15. The van der Waals surface area contributed by atoms with Gasteiger partial charge in [0.25, 0.3) is 0 Å². The lowest BCUT2D eigenvalue weighted by Crippen LogP contribution is -2.33. The fourth-order valence-corrected chi connectivity index (χ4v) is 8.86. The maximum absolute atomic E-state index is 6.08. The molecule has 0 unspecified atom stereocenters. The predicted molar refractivity (Wildman–Crippen MR) is 143 cm³/mol. The first-order valence-electron chi connectivity index (χ1n) is 12.5. The molecule has 0 aliphatic rings. The minimum atomic E-state index is -1.71. The monoisotopic (exact) mass is 447 g/mol. The number of hydrogen-bond donors (Lipinski definition) is 0. The molecule has 0 atom stereocenters. The molecule has 32 heavy (non-hydrogen) atoms. The Hall–Kier alpha value is -1.95. The van der Waals surface area contributed by atoms with Gasteiger partial charge in [-0.05, 0) is 42.8 Å². The zero-order chi connectivity index (χ0) is 22.3. The molecule has 3 rings (SSSR count). The second kappa shape index (κ2) is 14.2. The maximum Gasteiger partial charge on any atom is 0.112 e. The van der Waals surface area contributed by atoms with Crippen LogP contribution in [-0.2, 0) is 4.74 Å². The summed E-state index contributed by atoms with van der Waals surface area (Å²) in [5.41, 5.74) is 0. The van der Waals surface area contributed by atoms with E-state index in [1.165, 1.54) is 60.9 Å². The van der Waals surface area contributed by atoms with Crippen LogP contribution >= 0.6 is 7.26 Å². The van der Waals surface area contributed by atoms with Crippen LogP contribution in [0.1, 0.15) is 58.3 Å². The summed E-state index contributed by atoms with van der Waals surface area (Å²) in [7, 11) is -1.71. The van der Waals surface area contributed by atoms with Gasteiger partial charge < -0.3 is 4.74 Å². The van der Waals surface area contributed by atoms with Gasteiger partial charge in [-0.25, -0.2) is 0 Å². The summed E-state index contributed by atoms with van der Waals surface area (Å²) in [6, 6.07) is 33.5. The molecular formula is C30H40OP+. The molecule has 0 spiro atoms. The SMILES string of the molecule is CCCCCCCCCOCCC[P+](c1ccccc1)(c1ccccc1)c1ccccc1. The third-order valence-electron chi connectivity index (χ3n) is 6.27. The lowest BCUT2D eigenvalue weighted by Gasteiger charge is -2.27. The normalized spacial score (nSPS) is 11.5. The van der Waals surface area contributed by atoms with Crippen molar-refractivity contribution in [2.45, 2.75) is 58.3 Å². The van der Waals surface area contributed by atoms with Gasteiger partial charge in [0.15, 0.2) is 0 Å². The molecule has 0 aromatic heterocycles. The van der Waals surface area contributed by atoms with E-state index in [4.69, 9.17) is 4.74 Å². The fourth-order valence-electron chi connectivity index (χ4n) is 4.55. The van der Waals surface area contributed by atoms with Gasteiger partial charge in [0, 0.05) is 13.0 Å². The van der Waals surface area contributed by atoms with Crippen molar-refractivity contribution >= 4 is 23.2 Å². The van der Waals surface area contributed by atoms with Gasteiger partial charge in [0.2, 0.25) is 0 Å². The summed E-state index contributed by atoms with van der Waals surface area (Å²) < 4.78 is 6.08. The predicted octanol–water partition coefficient (Wildman–Crippen LogP) is 7.14. The molecule has 1 nitrogen and oxygen atoms in total. The van der Waals surface area contributed by atoms with Crippen molar-refractivity contribution in [2.75, 3.05) is 19.4 Å². The largest absolute Gasteiger partial charge is 0.381 e. The lowest BCUT2D eigenvalue weighted by atomic mass is 10.1. The van der Waals surface area contributed by atoms with Crippen LogP contribution in [0.5, 0.6) is 0 Å². The molecule has 0 aliphatic carbocycles. The van der Waals surface area contributed by atoms with Gasteiger partial charge in [-0.3, -0.25) is 0 Å². The van der Waals surface area contributed by atoms with Crippen molar-refractivity contribution in [2.24, 2.45) is 0 Å². The number of unbranched alkanes of at least 4 members (excludes halogenated alkanes) is 6. The zero-order valence-corrected chi connectivity index (χ0v) is 20.7. The second-order valence-corrected chi connectivity index (χ2v) is 12.2. The molecule has 3 aromatic rings. The highest BCUT2D eigenvalue weighted by Crippen LogP contribution is 2.55. The first kappa shape index (κ1) is 24.7. The van der Waals surface area contributed by atoms with Gasteiger partial charge in [-0.1, -0.05) is 100 Å². The van der Waals surface area contributed by atoms with Crippen molar-refractivity contribution in [1.29, 1.82) is 0 Å². The summed E-state index contributed by atoms with van der Waals surface area (Å²) in [5, 5.41) is 4.39. The van der Waals surface area contributed by atoms with Crippen LogP contribution in [-0.4, -0.2) is 19.4 Å². The van der Waals surface area contributed by atoms with Crippen molar-refractivity contribution in [3.63, 3.8) is 0 Å². The molecule has 0 heterocycles. The molecule has 0 amide bonds. The number of hydrogen-bond acceptors (Lipinski definition) is 1. The van der Waals surface area contributed by atoms with Crippen LogP contribution in [0.4, 0.5) is 0 Å². The van der Waals surface area contributed by atoms with E-state index >= 15 is 0 Å². The molecule has 3 aromatic carbocycles. The van der Waals surface area contributed by atoms with Crippen LogP contribution in [0.3, 0.4) is 0 Å². The van der Waals surface area contributed by atoms with E-state index < -0.39 is 7.26 Å². The first-order chi connectivity index (χ1) is 15.9. The van der Waals surface area contributed by atoms with E-state index in [-0.39, 0.29) is 0 Å². The quantitative estimate of drug-likeness (QED) is 0.178. The Labute approximate surface area is 196 Å². The van der Waals surface area contributed by atoms with Gasteiger partial charge in [-0.2, -0.15) is 0 Å². The molecule has 0 saturated carbocycles. The summed E-state index contributed by atoms with van der Waals surface area (Å²) in [5.74, 6) is 0. The molecule has 0 bridgehead atoms. The number of ether oxygens (including phenoxy) is 1. The van der Waals surface area contributed by atoms with E-state index in [0.29, 0.717) is 0 Å². The third-order valence-corrected chi connectivity index (χ3v) is 10.8. The highest BCUT2D eigenvalue weighted by molar-refractivity contribution is 7.95. The van der Waals surface area contributed by atoms with Gasteiger partial charge in [0.05, 0.1) is 12.8 Å². The molecule has 0 aliphatic heterocycles. The topological polar surface area (TPSA) is 9.23 Å². The van der Waals surface area contributed by atoms with E-state index in [2.05, 4.69) is 97.9 Å². The smallest absolute Gasteiger partial charge is 0.112 e. The van der Waals surface area contributed by atoms with Crippen LogP contribution in [0.15, 0.2) is 91.0 Å². The van der Waals surface area contributed by atoms with Crippen LogP contribution in [0, 0.1) is 0 Å². The molecule has 0 N–H and O–H groups in total. The van der Waals surface area contributed by atoms with Gasteiger partial charge in [-0.15, -0.1) is 0 Å². The standard InChI is InChI=1S/C30H40OP/c1-2-3-4-5-6-7-17-25-31-26-18-27-32(28-19-11-8-12-20-28,29-21-13-9-14-22-29)30-23-15-10-16-24-30/h8-16,19-24H,2-7,17-18,25-27H2,1H3/q+1. The Morgan fingerprint density at radius 2 is 0.906 bits per heavy atom. The Bertz CT molecular complexity index is 751. The van der Waals surface area contributed by atoms with Crippen molar-refractivity contribution in [1.82, 2.24) is 0 Å². The molecule has 0 fully saturated rings. The summed E-state index contributed by atoms with van der Waals surface area (Å²) in [6.45, 7) is 4.03. The van der Waals surface area contributed by atoms with Gasteiger partial charge >= 0.3 is 0 Å². The third kappa shape index (κ3) is 7.03. The lowest BCUT2D eigenvalue weighted by molar-refractivity contribution is 0.131. The van der Waals surface area contributed by atoms with Crippen molar-refractivity contribution < 1.29 is 4.74 Å². The van der Waals surface area contributed by atoms with Crippen molar-refractivity contribution in [3.8, 4) is 0 Å². The molecule has 0 saturated heterocycles. The minimum absolute atomic E-state index is 0.851. The Kier molecular flexibility index (Phi) is 11.0. The summed E-state index contributed by atoms with van der Waals surface area (Å²) in [4.78, 5) is 0. The van der Waals surface area contributed by atoms with E-state index in [0.717, 1.165) is 25.8 Å². The van der Waals surface area contributed by atoms with Crippen LogP contribution in [0.2, 0.25) is 0 Å². The average Bonchev–Trinajstić information content (AvgIpc) is 2.87. The highest BCUT2D eigenvalue weighted by atomic mass is 31.2. The fraction of sp³-hybridized carbons (Fsp3) is 0.400. The van der Waals surface area contributed by atoms with E-state index in [1.54, 1.807) is 0 Å². The second-order valence-electron chi connectivity index (χ2n) is 8.63. The molecular weight excluding hydrogens is 407 g/mol. The van der Waals surface area contributed by atoms with E-state index in [9.17, 15) is 0 Å². The minimum Gasteiger partial charge on any atom is -0.381 e. The van der Waals surface area contributed by atoms with Gasteiger partial charge in [0.1, 0.15) is 23.2 Å².